The minimum absolute atomic E-state index is 0.284. The maximum absolute atomic E-state index is 13.1. The number of nitrogens with one attached hydrogen (secondary N) is 2. The summed E-state index contributed by atoms with van der Waals surface area (Å²) in [7, 11) is -4.30. The van der Waals surface area contributed by atoms with E-state index < -0.39 is 32.3 Å². The van der Waals surface area contributed by atoms with Gasteiger partial charge in [-0.1, -0.05) is 0 Å². The van der Waals surface area contributed by atoms with Gasteiger partial charge in [0.05, 0.1) is 11.9 Å². The van der Waals surface area contributed by atoms with Crippen molar-refractivity contribution >= 4 is 33.4 Å². The molecule has 1 aromatic heterocycles. The van der Waals surface area contributed by atoms with Gasteiger partial charge in [0.15, 0.2) is 0 Å². The average Bonchev–Trinajstić information content (AvgIpc) is 3.63. The maximum Gasteiger partial charge on any atom is 0.414 e. The number of benzene rings is 1. The lowest BCUT2D eigenvalue weighted by molar-refractivity contribution is 0.0329. The van der Waals surface area contributed by atoms with Gasteiger partial charge in [0.1, 0.15) is 5.60 Å². The fourth-order valence-electron chi connectivity index (χ4n) is 5.99. The van der Waals surface area contributed by atoms with Crippen LogP contribution in [0.2, 0.25) is 0 Å². The molecule has 3 aliphatic rings. The highest BCUT2D eigenvalue weighted by atomic mass is 32.2. The van der Waals surface area contributed by atoms with Crippen molar-refractivity contribution in [2.24, 2.45) is 0 Å². The number of sulfonamides is 1. The van der Waals surface area contributed by atoms with Crippen LogP contribution in [0, 0.1) is 0 Å². The second kappa shape index (κ2) is 10.5. The Hall–Kier alpha value is -3.31. The molecule has 0 unspecified atom stereocenters. The van der Waals surface area contributed by atoms with Gasteiger partial charge in [0.25, 0.3) is 10.0 Å². The number of rotatable bonds is 5. The third-order valence-electron chi connectivity index (χ3n) is 7.76. The number of nitrogens with zero attached hydrogens (tertiary/aromatic N) is 1. The van der Waals surface area contributed by atoms with Crippen molar-refractivity contribution in [2.75, 3.05) is 11.9 Å². The first-order chi connectivity index (χ1) is 19.1. The van der Waals surface area contributed by atoms with E-state index in [1.165, 1.54) is 36.6 Å². The Bertz CT molecular complexity index is 1490. The monoisotopic (exact) mass is 585 g/mol. The number of hydrogen-bond acceptors (Lipinski definition) is 7. The molecule has 222 valence electrons. The summed E-state index contributed by atoms with van der Waals surface area (Å²) < 4.78 is 38.6. The predicted molar refractivity (Wildman–Crippen MR) is 154 cm³/mol. The van der Waals surface area contributed by atoms with Crippen molar-refractivity contribution in [1.82, 2.24) is 9.62 Å². The first kappa shape index (κ1) is 29.2. The number of ether oxygens (including phenoxy) is 1. The Morgan fingerprint density at radius 1 is 0.951 bits per heavy atom. The first-order valence-corrected chi connectivity index (χ1v) is 15.7. The van der Waals surface area contributed by atoms with Crippen LogP contribution in [0.3, 0.4) is 0 Å². The summed E-state index contributed by atoms with van der Waals surface area (Å²) in [6.07, 6.45) is 9.51. The highest BCUT2D eigenvalue weighted by Crippen LogP contribution is 2.45. The van der Waals surface area contributed by atoms with Crippen LogP contribution >= 0.6 is 0 Å². The highest BCUT2D eigenvalue weighted by Gasteiger charge is 2.33. The van der Waals surface area contributed by atoms with Crippen molar-refractivity contribution in [3.63, 3.8) is 0 Å². The van der Waals surface area contributed by atoms with E-state index in [1.54, 1.807) is 4.90 Å². The van der Waals surface area contributed by atoms with Gasteiger partial charge in [-0.25, -0.2) is 14.3 Å². The number of furan rings is 1. The average molecular weight is 586 g/mol. The van der Waals surface area contributed by atoms with Gasteiger partial charge >= 0.3 is 12.1 Å². The van der Waals surface area contributed by atoms with Crippen LogP contribution in [-0.4, -0.2) is 42.7 Å². The highest BCUT2D eigenvalue weighted by molar-refractivity contribution is 7.89. The van der Waals surface area contributed by atoms with Gasteiger partial charge in [-0.3, -0.25) is 4.90 Å². The molecule has 5 rings (SSSR count). The number of urea groups is 1. The second-order valence-electron chi connectivity index (χ2n) is 12.6. The third kappa shape index (κ3) is 6.01. The van der Waals surface area contributed by atoms with Crippen LogP contribution in [0.4, 0.5) is 15.3 Å². The zero-order valence-corrected chi connectivity index (χ0v) is 25.2. The molecule has 2 aromatic rings. The first-order valence-electron chi connectivity index (χ1n) is 14.2. The van der Waals surface area contributed by atoms with Crippen molar-refractivity contribution in [3.8, 4) is 0 Å². The molecule has 0 bridgehead atoms. The summed E-state index contributed by atoms with van der Waals surface area (Å²) in [6.45, 7) is 9.19. The molecule has 1 aliphatic heterocycles. The van der Waals surface area contributed by atoms with Gasteiger partial charge in [0, 0.05) is 30.1 Å². The quantitative estimate of drug-likeness (QED) is 0.429. The summed E-state index contributed by atoms with van der Waals surface area (Å²) in [5.41, 5.74) is 5.80. The Labute approximate surface area is 241 Å². The summed E-state index contributed by atoms with van der Waals surface area (Å²) >= 11 is 0. The van der Waals surface area contributed by atoms with E-state index in [0.717, 1.165) is 74.3 Å². The molecule has 41 heavy (non-hydrogen) atoms. The normalized spacial score (nSPS) is 17.1. The molecule has 2 aliphatic carbocycles. The summed E-state index contributed by atoms with van der Waals surface area (Å²) in [5.74, 6) is 0. The Morgan fingerprint density at radius 3 is 2.12 bits per heavy atom. The second-order valence-corrected chi connectivity index (χ2v) is 14.2. The van der Waals surface area contributed by atoms with Crippen molar-refractivity contribution in [3.05, 3.63) is 51.9 Å². The standard InChI is InChI=1S/C30H39N3O7S/c1-29(2,3)40-28(35)33-14-8-9-18(16-33)25-20-10-6-12-22(20)26(23-13-7-11-21(23)25)31-27(34)32-41(37,38)24-15-19(17-39-24)30(4,5)36/h15-17,36H,6-14H2,1-5H3,(H2,31,32,34). The minimum atomic E-state index is -4.30. The van der Waals surface area contributed by atoms with E-state index in [2.05, 4.69) is 10.0 Å². The fraction of sp³-hybridized carbons (Fsp3) is 0.533. The molecule has 1 aromatic carbocycles. The van der Waals surface area contributed by atoms with Crippen molar-refractivity contribution in [1.29, 1.82) is 0 Å². The van der Waals surface area contributed by atoms with Gasteiger partial charge in [-0.15, -0.1) is 0 Å². The largest absolute Gasteiger partial charge is 0.451 e. The van der Waals surface area contributed by atoms with Gasteiger partial charge in [0.2, 0.25) is 5.09 Å². The van der Waals surface area contributed by atoms with E-state index in [4.69, 9.17) is 9.15 Å². The molecular weight excluding hydrogens is 546 g/mol. The zero-order chi connectivity index (χ0) is 29.7. The van der Waals surface area contributed by atoms with E-state index in [0.29, 0.717) is 12.2 Å². The number of carbonyl (C=O) groups is 2. The zero-order valence-electron chi connectivity index (χ0n) is 24.3. The minimum Gasteiger partial charge on any atom is -0.451 e. The van der Waals surface area contributed by atoms with Gasteiger partial charge in [-0.2, -0.15) is 8.42 Å². The molecule has 10 nitrogen and oxygen atoms in total. The van der Waals surface area contributed by atoms with Crippen LogP contribution in [0.1, 0.15) is 93.7 Å². The SMILES string of the molecule is CC(C)(C)OC(=O)N1C=C(c2c3c(c(NC(=O)NS(=O)(=O)c4cc(C(C)(C)O)co4)c4c2CCC4)CCC3)CCC1. The van der Waals surface area contributed by atoms with E-state index in [9.17, 15) is 23.1 Å². The molecule has 0 spiro atoms. The van der Waals surface area contributed by atoms with E-state index in [-0.39, 0.29) is 11.7 Å². The molecule has 2 heterocycles. The number of hydrogen-bond donors (Lipinski definition) is 3. The number of anilines is 1. The lowest BCUT2D eigenvalue weighted by Gasteiger charge is -2.30. The van der Waals surface area contributed by atoms with Gasteiger partial charge in [-0.05, 0) is 119 Å². The molecule has 3 N–H and O–H groups in total. The smallest absolute Gasteiger partial charge is 0.414 e. The Kier molecular flexibility index (Phi) is 7.48. The Morgan fingerprint density at radius 2 is 1.56 bits per heavy atom. The molecular formula is C30H39N3O7S. The Balaban J connectivity index is 1.44. The number of fused-ring (bicyclic) bond motifs is 2. The molecule has 3 amide bonds. The maximum atomic E-state index is 13.1. The fourth-order valence-corrected chi connectivity index (χ4v) is 6.85. The van der Waals surface area contributed by atoms with Crippen molar-refractivity contribution < 1.29 is 32.3 Å². The number of allylic oxidation sites excluding steroid dienone is 1. The number of amides is 3. The van der Waals surface area contributed by atoms with E-state index in [1.807, 2.05) is 27.0 Å². The number of aliphatic hydroxyl groups is 1. The lowest BCUT2D eigenvalue weighted by Crippen LogP contribution is -2.35. The predicted octanol–water partition coefficient (Wildman–Crippen LogP) is 5.37. The lowest BCUT2D eigenvalue weighted by atomic mass is 9.85. The van der Waals surface area contributed by atoms with E-state index >= 15 is 0 Å². The molecule has 11 heteroatoms. The van der Waals surface area contributed by atoms with Crippen LogP contribution in [0.15, 0.2) is 28.0 Å². The summed E-state index contributed by atoms with van der Waals surface area (Å²) in [6, 6.07) is 0.341. The van der Waals surface area contributed by atoms with Crippen molar-refractivity contribution in [2.45, 2.75) is 102 Å². The molecule has 0 atom stereocenters. The molecule has 0 fully saturated rings. The summed E-state index contributed by atoms with van der Waals surface area (Å²) in [5, 5.41) is 12.6. The topological polar surface area (TPSA) is 138 Å². The summed E-state index contributed by atoms with van der Waals surface area (Å²) in [4.78, 5) is 27.6. The van der Waals surface area contributed by atoms with Crippen LogP contribution in [0.25, 0.3) is 5.57 Å². The number of carbonyl (C=O) groups excluding carboxylic acids is 2. The van der Waals surface area contributed by atoms with Gasteiger partial charge < -0.3 is 19.6 Å². The molecule has 0 saturated carbocycles. The molecule has 0 saturated heterocycles. The molecule has 0 radical (unpaired) electrons. The van der Waals surface area contributed by atoms with Crippen LogP contribution in [0.5, 0.6) is 0 Å². The van der Waals surface area contributed by atoms with Crippen LogP contribution < -0.4 is 10.0 Å². The third-order valence-corrected chi connectivity index (χ3v) is 8.96. The van der Waals surface area contributed by atoms with Crippen LogP contribution in [-0.2, 0) is 46.0 Å².